The van der Waals surface area contributed by atoms with Crippen molar-refractivity contribution in [3.8, 4) is 34.8 Å². The molecule has 11 nitrogen and oxygen atoms in total. The second kappa shape index (κ2) is 20.3. The van der Waals surface area contributed by atoms with Crippen molar-refractivity contribution in [2.75, 3.05) is 65.5 Å². The fourth-order valence-corrected chi connectivity index (χ4v) is 9.03. The number of fused-ring (bicyclic) bond motifs is 1. The number of amides is 1. The van der Waals surface area contributed by atoms with Crippen molar-refractivity contribution in [1.29, 1.82) is 5.26 Å². The van der Waals surface area contributed by atoms with Crippen LogP contribution in [0.25, 0.3) is 10.9 Å². The minimum absolute atomic E-state index is 0.0105. The van der Waals surface area contributed by atoms with Gasteiger partial charge in [-0.2, -0.15) is 5.26 Å². The summed E-state index contributed by atoms with van der Waals surface area (Å²) in [5, 5.41) is 23.3. The first kappa shape index (κ1) is 45.5. The molecule has 6 rings (SSSR count). The number of ether oxygens (including phenoxy) is 4. The fraction of sp³-hybridized carbons (Fsp3) is 0.438. The highest BCUT2D eigenvalue weighted by Gasteiger charge is 2.40. The number of hydrogen-bond donors (Lipinski definition) is 1. The van der Waals surface area contributed by atoms with Crippen LogP contribution in [0.4, 0.5) is 16.2 Å². The summed E-state index contributed by atoms with van der Waals surface area (Å²) in [5.74, 6) is 1.28. The summed E-state index contributed by atoms with van der Waals surface area (Å²) < 4.78 is 24.3. The Hall–Kier alpha value is -4.99. The number of carbonyl (C=O) groups is 1. The predicted octanol–water partition coefficient (Wildman–Crippen LogP) is 11.2. The van der Waals surface area contributed by atoms with Crippen molar-refractivity contribution in [3.63, 3.8) is 0 Å². The number of carbonyl (C=O) groups excluding carboxylic acids is 1. The molecule has 13 heteroatoms. The van der Waals surface area contributed by atoms with Gasteiger partial charge in [0.25, 0.3) is 0 Å². The summed E-state index contributed by atoms with van der Waals surface area (Å²) in [5.41, 5.74) is 3.15. The van der Waals surface area contributed by atoms with Gasteiger partial charge in [0.05, 0.1) is 58.9 Å². The third kappa shape index (κ3) is 10.1. The van der Waals surface area contributed by atoms with E-state index in [0.717, 1.165) is 88.0 Å². The monoisotopic (exact) mass is 869 g/mol. The predicted molar refractivity (Wildman–Crippen MR) is 244 cm³/mol. The molecule has 1 N–H and O–H groups in total. The van der Waals surface area contributed by atoms with E-state index in [1.165, 1.54) is 37.4 Å². The van der Waals surface area contributed by atoms with Gasteiger partial charge in [-0.15, -0.1) is 0 Å². The minimum Gasteiger partial charge on any atom is -0.507 e. The number of likely N-dealkylation sites (N-methyl/N-ethyl adjacent to an activating group) is 1. The minimum atomic E-state index is -0.904. The Morgan fingerprint density at radius 2 is 1.75 bits per heavy atom. The van der Waals surface area contributed by atoms with E-state index in [4.69, 9.17) is 42.1 Å². The summed E-state index contributed by atoms with van der Waals surface area (Å²) in [6, 6.07) is 12.3. The molecule has 4 aromatic rings. The molecule has 2 aliphatic rings. The summed E-state index contributed by atoms with van der Waals surface area (Å²) >= 11 is 13.5. The lowest BCUT2D eigenvalue weighted by Gasteiger charge is -2.38. The van der Waals surface area contributed by atoms with Crippen LogP contribution in [0.3, 0.4) is 0 Å². The number of phenolic OH excluding ortho intramolecular Hbond substituents is 1. The number of hydrogen-bond acceptors (Lipinski definition) is 10. The Labute approximate surface area is 370 Å². The molecule has 1 saturated heterocycles. The Morgan fingerprint density at radius 3 is 2.43 bits per heavy atom. The molecule has 1 fully saturated rings. The van der Waals surface area contributed by atoms with Gasteiger partial charge in [-0.1, -0.05) is 66.8 Å². The van der Waals surface area contributed by atoms with Crippen molar-refractivity contribution in [2.24, 2.45) is 0 Å². The number of aryl methyl sites for hydroxylation is 1. The number of aromatic hydroxyl groups is 1. The molecular weight excluding hydrogens is 813 g/mol. The standard InChI is InChI=1S/C48H57Cl2N5O6/c1-8-9-10-14-33-22-40(56)45(48(31(2)3)15-11-13-32(4)28-48)44(23-33)61-47(57)55(39-27-41(58-6)37(50)25-36(39)49)46-34(29-51)30-52-38-26-43(42(59-7)24-35(38)46)60-21-12-16-54-19-17-53(5)18-20-54/h22-28,30,56H,2,8-21H2,1,3-7H3. The Morgan fingerprint density at radius 1 is 1.00 bits per heavy atom. The Kier molecular flexibility index (Phi) is 15.1. The summed E-state index contributed by atoms with van der Waals surface area (Å²) in [6.45, 7) is 16.0. The number of anilines is 2. The van der Waals surface area contributed by atoms with E-state index < -0.39 is 11.5 Å². The quantitative estimate of drug-likeness (QED) is 0.0860. The number of halogens is 2. The smallest absolute Gasteiger partial charge is 0.424 e. The summed E-state index contributed by atoms with van der Waals surface area (Å²) in [7, 11) is 5.13. The number of rotatable bonds is 16. The van der Waals surface area contributed by atoms with Crippen LogP contribution in [-0.2, 0) is 11.8 Å². The fourth-order valence-electron chi connectivity index (χ4n) is 8.49. The lowest BCUT2D eigenvalue weighted by molar-refractivity contribution is 0.145. The largest absolute Gasteiger partial charge is 0.507 e. The van der Waals surface area contributed by atoms with Gasteiger partial charge in [-0.3, -0.25) is 4.98 Å². The van der Waals surface area contributed by atoms with Gasteiger partial charge in [0, 0.05) is 61.9 Å². The Bertz CT molecular complexity index is 2340. The zero-order valence-electron chi connectivity index (χ0n) is 36.2. The molecule has 1 unspecified atom stereocenters. The normalized spacial score (nSPS) is 17.1. The van der Waals surface area contributed by atoms with Crippen molar-refractivity contribution in [1.82, 2.24) is 14.8 Å². The lowest BCUT2D eigenvalue weighted by Crippen LogP contribution is -2.44. The van der Waals surface area contributed by atoms with Crippen LogP contribution in [0.5, 0.6) is 28.7 Å². The van der Waals surface area contributed by atoms with E-state index in [0.29, 0.717) is 47.4 Å². The third-order valence-corrected chi connectivity index (χ3v) is 12.4. The molecular formula is C48H57Cl2N5O6. The first-order valence-electron chi connectivity index (χ1n) is 21.0. The highest BCUT2D eigenvalue weighted by Crippen LogP contribution is 2.51. The van der Waals surface area contributed by atoms with Crippen LogP contribution in [-0.4, -0.2) is 86.6 Å². The zero-order valence-corrected chi connectivity index (χ0v) is 37.7. The van der Waals surface area contributed by atoms with E-state index in [2.05, 4.69) is 54.4 Å². The maximum absolute atomic E-state index is 15.3. The molecule has 0 bridgehead atoms. The van der Waals surface area contributed by atoms with Gasteiger partial charge in [0.2, 0.25) is 0 Å². The second-order valence-corrected chi connectivity index (χ2v) is 17.0. The van der Waals surface area contributed by atoms with Crippen molar-refractivity contribution < 1.29 is 28.8 Å². The van der Waals surface area contributed by atoms with E-state index in [-0.39, 0.29) is 44.2 Å². The van der Waals surface area contributed by atoms with E-state index >= 15 is 4.79 Å². The molecule has 0 radical (unpaired) electrons. The van der Waals surface area contributed by atoms with Crippen LogP contribution in [0.2, 0.25) is 10.0 Å². The third-order valence-electron chi connectivity index (χ3n) is 11.8. The molecule has 0 spiro atoms. The topological polar surface area (TPSA) is 121 Å². The van der Waals surface area contributed by atoms with Crippen LogP contribution in [0, 0.1) is 11.3 Å². The number of methoxy groups -OCH3 is 2. The van der Waals surface area contributed by atoms with Crippen LogP contribution >= 0.6 is 23.2 Å². The van der Waals surface area contributed by atoms with Crippen LogP contribution in [0.15, 0.2) is 66.4 Å². The van der Waals surface area contributed by atoms with Gasteiger partial charge >= 0.3 is 6.09 Å². The average Bonchev–Trinajstić information content (AvgIpc) is 3.23. The molecule has 61 heavy (non-hydrogen) atoms. The van der Waals surface area contributed by atoms with Crippen molar-refractivity contribution in [3.05, 3.63) is 93.1 Å². The molecule has 324 valence electrons. The molecule has 1 aliphatic carbocycles. The zero-order chi connectivity index (χ0) is 43.8. The second-order valence-electron chi connectivity index (χ2n) is 16.2. The maximum Gasteiger partial charge on any atom is 0.424 e. The van der Waals surface area contributed by atoms with Crippen LogP contribution in [0.1, 0.15) is 82.4 Å². The number of pyridine rings is 1. The molecule has 1 aromatic heterocycles. The maximum atomic E-state index is 15.3. The van der Waals surface area contributed by atoms with E-state index in [1.54, 1.807) is 18.2 Å². The highest BCUT2D eigenvalue weighted by atomic mass is 35.5. The number of nitriles is 1. The summed E-state index contributed by atoms with van der Waals surface area (Å²) in [4.78, 5) is 26.0. The lowest BCUT2D eigenvalue weighted by atomic mass is 9.67. The van der Waals surface area contributed by atoms with E-state index in [1.807, 2.05) is 13.0 Å². The highest BCUT2D eigenvalue weighted by molar-refractivity contribution is 6.38. The molecule has 0 saturated carbocycles. The number of aromatic nitrogens is 1. The van der Waals surface area contributed by atoms with E-state index in [9.17, 15) is 10.4 Å². The molecule has 1 atom stereocenters. The molecule has 1 amide bonds. The summed E-state index contributed by atoms with van der Waals surface area (Å²) in [6.07, 6.45) is 9.42. The number of allylic oxidation sites excluding steroid dienone is 3. The number of nitrogens with zero attached hydrogens (tertiary/aromatic N) is 5. The molecule has 1 aliphatic heterocycles. The van der Waals surface area contributed by atoms with Gasteiger partial charge < -0.3 is 33.9 Å². The SMILES string of the molecule is C=C(C)C1(c2c(O)cc(CCCCC)cc2OC(=O)N(c2cc(OC)c(Cl)cc2Cl)c2c(C#N)cnc3cc(OCCCN4CCN(C)CC4)c(OC)cc23)C=C(C)CCC1. The van der Waals surface area contributed by atoms with Gasteiger partial charge in [-0.05, 0) is 89.2 Å². The van der Waals surface area contributed by atoms with Crippen LogP contribution < -0.4 is 23.8 Å². The van der Waals surface area contributed by atoms with Gasteiger partial charge in [-0.25, -0.2) is 9.69 Å². The Balaban J connectivity index is 1.49. The van der Waals surface area contributed by atoms with Gasteiger partial charge in [0.1, 0.15) is 23.3 Å². The number of piperazine rings is 1. The number of benzene rings is 3. The van der Waals surface area contributed by atoms with Crippen molar-refractivity contribution >= 4 is 51.6 Å². The molecule has 3 aromatic carbocycles. The average molecular weight is 871 g/mol. The van der Waals surface area contributed by atoms with Crippen molar-refractivity contribution in [2.45, 2.75) is 77.6 Å². The molecule has 2 heterocycles. The first-order chi connectivity index (χ1) is 29.3. The number of phenols is 1. The number of unbranched alkanes of at least 4 members (excludes halogenated alkanes) is 2. The van der Waals surface area contributed by atoms with Gasteiger partial charge in [0.15, 0.2) is 11.5 Å². The first-order valence-corrected chi connectivity index (χ1v) is 21.8.